The number of hydrogen-bond donors (Lipinski definition) is 2. The van der Waals surface area contributed by atoms with Crippen molar-refractivity contribution in [2.45, 2.75) is 68.0 Å². The molecule has 0 bridgehead atoms. The quantitative estimate of drug-likeness (QED) is 0.227. The highest BCUT2D eigenvalue weighted by Crippen LogP contribution is 2.62. The van der Waals surface area contributed by atoms with Crippen molar-refractivity contribution < 1.29 is 32.7 Å². The Labute approximate surface area is 191 Å². The Morgan fingerprint density at radius 1 is 0.839 bits per heavy atom. The summed E-state index contributed by atoms with van der Waals surface area (Å²) in [5.74, 6) is -0.405. The minimum absolute atomic E-state index is 0.139. The van der Waals surface area contributed by atoms with Gasteiger partial charge in [0.1, 0.15) is 0 Å². The molecule has 0 spiro atoms. The normalized spacial score (nSPS) is 16.5. The molecule has 0 saturated heterocycles. The Balaban J connectivity index is 5.36. The molecule has 0 aliphatic rings. The van der Waals surface area contributed by atoms with E-state index in [0.717, 1.165) is 11.4 Å². The van der Waals surface area contributed by atoms with Crippen LogP contribution in [0.15, 0.2) is 0 Å². The second-order valence-electron chi connectivity index (χ2n) is 9.38. The third-order valence-electron chi connectivity index (χ3n) is 3.78. The molecule has 11 heteroatoms. The Kier molecular flexibility index (Phi) is 12.9. The number of carbonyl (C=O) groups excluding carboxylic acids is 2. The molecule has 0 saturated carbocycles. The van der Waals surface area contributed by atoms with Crippen molar-refractivity contribution in [2.24, 2.45) is 16.7 Å². The van der Waals surface area contributed by atoms with Gasteiger partial charge in [-0.25, -0.2) is 4.57 Å². The minimum Gasteiger partial charge on any atom is -0.435 e. The van der Waals surface area contributed by atoms with Crippen LogP contribution in [0, 0.1) is 16.7 Å². The third-order valence-corrected chi connectivity index (χ3v) is 7.74. The Morgan fingerprint density at radius 3 is 1.48 bits per heavy atom. The maximum atomic E-state index is 13.5. The van der Waals surface area contributed by atoms with Crippen molar-refractivity contribution in [1.82, 2.24) is 10.6 Å². The van der Waals surface area contributed by atoms with Crippen molar-refractivity contribution >= 4 is 30.1 Å². The van der Waals surface area contributed by atoms with Crippen LogP contribution in [0.25, 0.3) is 0 Å². The summed E-state index contributed by atoms with van der Waals surface area (Å²) < 4.78 is 35.2. The average molecular weight is 485 g/mol. The van der Waals surface area contributed by atoms with Gasteiger partial charge in [-0.15, -0.1) is 0 Å². The van der Waals surface area contributed by atoms with Crippen molar-refractivity contribution in [1.29, 1.82) is 0 Å². The van der Waals surface area contributed by atoms with Crippen molar-refractivity contribution in [3.8, 4) is 0 Å². The summed E-state index contributed by atoms with van der Waals surface area (Å²) in [6.45, 7) is 10.7. The van der Waals surface area contributed by atoms with Crippen LogP contribution in [0.5, 0.6) is 0 Å². The van der Waals surface area contributed by atoms with Crippen LogP contribution in [0.2, 0.25) is 0 Å². The molecule has 9 nitrogen and oxygen atoms in total. The Hall–Kier alpha value is -0.640. The largest absolute Gasteiger partial charge is 0.435 e. The third kappa shape index (κ3) is 12.8. The first-order valence-electron chi connectivity index (χ1n) is 10.4. The summed E-state index contributed by atoms with van der Waals surface area (Å²) in [7, 11) is 3.67. The van der Waals surface area contributed by atoms with Crippen molar-refractivity contribution in [3.05, 3.63) is 0 Å². The molecular formula is C20H41N2O7PS. The van der Waals surface area contributed by atoms with Crippen LogP contribution in [-0.4, -0.2) is 57.5 Å². The highest BCUT2D eigenvalue weighted by Gasteiger charge is 2.36. The topological polar surface area (TPSA) is 112 Å². The molecule has 31 heavy (non-hydrogen) atoms. The lowest BCUT2D eigenvalue weighted by molar-refractivity contribution is -0.176. The first-order valence-corrected chi connectivity index (χ1v) is 13.5. The summed E-state index contributed by atoms with van der Waals surface area (Å²) in [6.07, 6.45) is -2.22. The molecule has 0 heterocycles. The maximum Gasteiger partial charge on any atom is 0.395 e. The van der Waals surface area contributed by atoms with Gasteiger partial charge in [0, 0.05) is 5.75 Å². The molecule has 184 valence electrons. The number of ether oxygens (including phenoxy) is 2. The van der Waals surface area contributed by atoms with Gasteiger partial charge < -0.3 is 20.1 Å². The first kappa shape index (κ1) is 30.4. The van der Waals surface area contributed by atoms with Gasteiger partial charge in [0.2, 0.25) is 12.6 Å². The van der Waals surface area contributed by atoms with Gasteiger partial charge in [0.15, 0.2) is 0 Å². The van der Waals surface area contributed by atoms with E-state index in [2.05, 4.69) is 10.6 Å². The van der Waals surface area contributed by atoms with Crippen LogP contribution < -0.4 is 10.6 Å². The predicted octanol–water partition coefficient (Wildman–Crippen LogP) is 3.79. The van der Waals surface area contributed by atoms with E-state index >= 15 is 0 Å². The standard InChI is InChI=1S/C20H41N2O7PS/c1-14(26-17(23)19(3,4)5)28-30(25,31-13-16(11-21-9)12-22-10)29-15(2)27-18(24)20(6,7)8/h14-16,21-22H,11-13H2,1-10H3. The van der Waals surface area contributed by atoms with E-state index in [-0.39, 0.29) is 5.92 Å². The molecule has 0 aliphatic carbocycles. The molecule has 2 N–H and O–H groups in total. The van der Waals surface area contributed by atoms with Crippen LogP contribution in [-0.2, 0) is 32.7 Å². The van der Waals surface area contributed by atoms with Gasteiger partial charge in [-0.1, -0.05) is 0 Å². The number of rotatable bonds is 13. The summed E-state index contributed by atoms with van der Waals surface area (Å²) >= 11 is 0.986. The first-order chi connectivity index (χ1) is 14.0. The maximum absolute atomic E-state index is 13.5. The smallest absolute Gasteiger partial charge is 0.395 e. The van der Waals surface area contributed by atoms with Crippen LogP contribution >= 0.6 is 18.2 Å². The minimum atomic E-state index is -3.84. The second-order valence-corrected chi connectivity index (χ2v) is 13.4. The lowest BCUT2D eigenvalue weighted by Crippen LogP contribution is -2.30. The number of nitrogens with one attached hydrogen (secondary N) is 2. The summed E-state index contributed by atoms with van der Waals surface area (Å²) in [6, 6.07) is 0. The van der Waals surface area contributed by atoms with Gasteiger partial charge in [-0.3, -0.25) is 18.6 Å². The van der Waals surface area contributed by atoms with E-state index in [1.54, 1.807) is 41.5 Å². The fourth-order valence-corrected chi connectivity index (χ4v) is 6.00. The van der Waals surface area contributed by atoms with Gasteiger partial charge in [-0.05, 0) is 99.9 Å². The average Bonchev–Trinajstić information content (AvgIpc) is 2.58. The van der Waals surface area contributed by atoms with E-state index in [0.29, 0.717) is 18.8 Å². The van der Waals surface area contributed by atoms with Crippen molar-refractivity contribution in [3.63, 3.8) is 0 Å². The zero-order chi connectivity index (χ0) is 24.5. The summed E-state index contributed by atoms with van der Waals surface area (Å²) in [5.41, 5.74) is -1.48. The lowest BCUT2D eigenvalue weighted by atomic mass is 9.97. The molecule has 0 radical (unpaired) electrons. The Bertz CT molecular complexity index is 574. The second kappa shape index (κ2) is 13.2. The fourth-order valence-electron chi connectivity index (χ4n) is 2.11. The predicted molar refractivity (Wildman–Crippen MR) is 124 cm³/mol. The van der Waals surface area contributed by atoms with Gasteiger partial charge in [-0.2, -0.15) is 0 Å². The summed E-state index contributed by atoms with van der Waals surface area (Å²) in [4.78, 5) is 24.3. The molecule has 2 unspecified atom stereocenters. The molecule has 0 rings (SSSR count). The monoisotopic (exact) mass is 484 g/mol. The highest BCUT2D eigenvalue weighted by atomic mass is 32.7. The molecule has 0 amide bonds. The van der Waals surface area contributed by atoms with Crippen molar-refractivity contribution in [2.75, 3.05) is 32.9 Å². The van der Waals surface area contributed by atoms with Crippen LogP contribution in [0.3, 0.4) is 0 Å². The molecule has 0 aromatic rings. The zero-order valence-corrected chi connectivity index (χ0v) is 22.3. The SMILES string of the molecule is CNCC(CNC)CSP(=O)(OC(C)OC(=O)C(C)(C)C)OC(C)OC(=O)C(C)(C)C. The zero-order valence-electron chi connectivity index (χ0n) is 20.6. The van der Waals surface area contributed by atoms with Gasteiger partial charge >= 0.3 is 18.7 Å². The van der Waals surface area contributed by atoms with Crippen LogP contribution in [0.4, 0.5) is 0 Å². The van der Waals surface area contributed by atoms with Gasteiger partial charge in [0.25, 0.3) is 0 Å². The highest BCUT2D eigenvalue weighted by molar-refractivity contribution is 8.55. The van der Waals surface area contributed by atoms with E-state index < -0.39 is 42.1 Å². The molecule has 0 fully saturated rings. The number of hydrogen-bond acceptors (Lipinski definition) is 10. The molecule has 2 atom stereocenters. The molecule has 0 aromatic carbocycles. The van der Waals surface area contributed by atoms with Crippen LogP contribution in [0.1, 0.15) is 55.4 Å². The fraction of sp³-hybridized carbons (Fsp3) is 0.900. The lowest BCUT2D eigenvalue weighted by Gasteiger charge is -2.28. The molecule has 0 aliphatic heterocycles. The van der Waals surface area contributed by atoms with E-state index in [9.17, 15) is 14.2 Å². The van der Waals surface area contributed by atoms with E-state index in [1.165, 1.54) is 13.8 Å². The van der Waals surface area contributed by atoms with E-state index in [4.69, 9.17) is 18.5 Å². The molecular weight excluding hydrogens is 443 g/mol. The molecule has 0 aromatic heterocycles. The number of esters is 2. The Morgan fingerprint density at radius 2 is 1.19 bits per heavy atom. The number of carbonyl (C=O) groups is 2. The van der Waals surface area contributed by atoms with Gasteiger partial charge in [0.05, 0.1) is 10.8 Å². The van der Waals surface area contributed by atoms with E-state index in [1.807, 2.05) is 14.1 Å². The summed E-state index contributed by atoms with van der Waals surface area (Å²) in [5, 5.41) is 6.18.